The summed E-state index contributed by atoms with van der Waals surface area (Å²) in [5.41, 5.74) is 7.23. The van der Waals surface area contributed by atoms with Crippen molar-refractivity contribution in [3.8, 4) is 5.75 Å². The van der Waals surface area contributed by atoms with E-state index < -0.39 is 0 Å². The van der Waals surface area contributed by atoms with Crippen molar-refractivity contribution in [3.63, 3.8) is 0 Å². The fraction of sp³-hybridized carbons (Fsp3) is 0.308. The minimum absolute atomic E-state index is 0.0516. The highest BCUT2D eigenvalue weighted by Crippen LogP contribution is 2.35. The lowest BCUT2D eigenvalue weighted by Crippen LogP contribution is -2.12. The first kappa shape index (κ1) is 19.2. The van der Waals surface area contributed by atoms with E-state index in [4.69, 9.17) is 0 Å². The first-order valence-electron chi connectivity index (χ1n) is 9.77. The van der Waals surface area contributed by atoms with Crippen LogP contribution in [0.2, 0.25) is 0 Å². The van der Waals surface area contributed by atoms with Crippen LogP contribution in [0.5, 0.6) is 5.75 Å². The number of aromatic hydroxyl groups is 1. The van der Waals surface area contributed by atoms with Gasteiger partial charge in [-0.3, -0.25) is 0 Å². The third kappa shape index (κ3) is 5.01. The van der Waals surface area contributed by atoms with Gasteiger partial charge in [-0.2, -0.15) is 0 Å². The van der Waals surface area contributed by atoms with E-state index in [1.807, 2.05) is 0 Å². The Morgan fingerprint density at radius 1 is 0.741 bits per heavy atom. The van der Waals surface area contributed by atoms with E-state index in [1.54, 1.807) is 0 Å². The number of phenols is 1. The van der Waals surface area contributed by atoms with Crippen molar-refractivity contribution in [2.24, 2.45) is 0 Å². The monoisotopic (exact) mass is 358 g/mol. The summed E-state index contributed by atoms with van der Waals surface area (Å²) in [6.45, 7) is 8.56. The van der Waals surface area contributed by atoms with Gasteiger partial charge >= 0.3 is 0 Å². The Kier molecular flexibility index (Phi) is 5.70. The van der Waals surface area contributed by atoms with Crippen molar-refractivity contribution in [1.82, 2.24) is 0 Å². The Labute approximate surface area is 163 Å². The third-order valence-electron chi connectivity index (χ3n) is 5.10. The Bertz CT molecular complexity index is 884. The molecule has 1 heteroatoms. The maximum atomic E-state index is 10.7. The smallest absolute Gasteiger partial charge is 0.122 e. The molecule has 1 N–H and O–H groups in total. The van der Waals surface area contributed by atoms with Crippen LogP contribution in [-0.4, -0.2) is 5.11 Å². The third-order valence-corrected chi connectivity index (χ3v) is 5.10. The molecule has 0 spiro atoms. The SMILES string of the molecule is Cc1cc(CCc2ccc(Cc3ccccc3)cc2)c(O)c(C(C)(C)C)c1. The van der Waals surface area contributed by atoms with Crippen molar-refractivity contribution in [2.45, 2.75) is 52.4 Å². The molecular weight excluding hydrogens is 328 g/mol. The number of rotatable bonds is 5. The zero-order valence-corrected chi connectivity index (χ0v) is 16.9. The van der Waals surface area contributed by atoms with Gasteiger partial charge in [-0.05, 0) is 59.4 Å². The Hall–Kier alpha value is -2.54. The lowest BCUT2D eigenvalue weighted by Gasteiger charge is -2.23. The average molecular weight is 359 g/mol. The molecule has 0 unspecified atom stereocenters. The highest BCUT2D eigenvalue weighted by Gasteiger charge is 2.20. The molecule has 0 saturated heterocycles. The maximum Gasteiger partial charge on any atom is 0.122 e. The van der Waals surface area contributed by atoms with Crippen LogP contribution in [0.4, 0.5) is 0 Å². The van der Waals surface area contributed by atoms with Gasteiger partial charge in [-0.1, -0.05) is 93.1 Å². The summed E-state index contributed by atoms with van der Waals surface area (Å²) in [6.07, 6.45) is 2.76. The van der Waals surface area contributed by atoms with Gasteiger partial charge in [0.25, 0.3) is 0 Å². The minimum Gasteiger partial charge on any atom is -0.507 e. The molecule has 0 atom stereocenters. The van der Waals surface area contributed by atoms with Crippen LogP contribution in [0.1, 0.15) is 54.2 Å². The van der Waals surface area contributed by atoms with Crippen LogP contribution in [0.25, 0.3) is 0 Å². The predicted molar refractivity (Wildman–Crippen MR) is 115 cm³/mol. The second-order valence-corrected chi connectivity index (χ2v) is 8.55. The van der Waals surface area contributed by atoms with Crippen LogP contribution < -0.4 is 0 Å². The summed E-state index contributed by atoms with van der Waals surface area (Å²) >= 11 is 0. The molecule has 0 bridgehead atoms. The molecule has 0 saturated carbocycles. The van der Waals surface area contributed by atoms with Gasteiger partial charge in [0.2, 0.25) is 0 Å². The first-order valence-corrected chi connectivity index (χ1v) is 9.77. The molecule has 0 radical (unpaired) electrons. The molecule has 3 rings (SSSR count). The summed E-state index contributed by atoms with van der Waals surface area (Å²) in [5.74, 6) is 0.466. The topological polar surface area (TPSA) is 20.2 Å². The molecule has 3 aromatic rings. The van der Waals surface area contributed by atoms with Crippen LogP contribution in [-0.2, 0) is 24.7 Å². The van der Waals surface area contributed by atoms with Crippen LogP contribution in [0.15, 0.2) is 66.7 Å². The Morgan fingerprint density at radius 3 is 1.96 bits per heavy atom. The van der Waals surface area contributed by atoms with Gasteiger partial charge in [-0.25, -0.2) is 0 Å². The molecule has 0 fully saturated rings. The average Bonchev–Trinajstić information content (AvgIpc) is 2.63. The van der Waals surface area contributed by atoms with E-state index in [9.17, 15) is 5.11 Å². The summed E-state index contributed by atoms with van der Waals surface area (Å²) in [6, 6.07) is 23.7. The zero-order valence-electron chi connectivity index (χ0n) is 16.9. The Balaban J connectivity index is 1.69. The first-order chi connectivity index (χ1) is 12.8. The normalized spacial score (nSPS) is 11.6. The van der Waals surface area contributed by atoms with Crippen molar-refractivity contribution in [3.05, 3.63) is 100 Å². The van der Waals surface area contributed by atoms with E-state index in [-0.39, 0.29) is 5.41 Å². The second kappa shape index (κ2) is 8.00. The van der Waals surface area contributed by atoms with E-state index >= 15 is 0 Å². The van der Waals surface area contributed by atoms with Gasteiger partial charge in [0.15, 0.2) is 0 Å². The number of hydrogen-bond donors (Lipinski definition) is 1. The highest BCUT2D eigenvalue weighted by molar-refractivity contribution is 5.47. The lowest BCUT2D eigenvalue weighted by molar-refractivity contribution is 0.440. The van der Waals surface area contributed by atoms with E-state index in [1.165, 1.54) is 22.3 Å². The second-order valence-electron chi connectivity index (χ2n) is 8.55. The van der Waals surface area contributed by atoms with E-state index in [0.29, 0.717) is 5.75 Å². The van der Waals surface area contributed by atoms with Crippen LogP contribution >= 0.6 is 0 Å². The van der Waals surface area contributed by atoms with Crippen LogP contribution in [0.3, 0.4) is 0 Å². The molecule has 0 aliphatic heterocycles. The fourth-order valence-electron chi connectivity index (χ4n) is 3.55. The largest absolute Gasteiger partial charge is 0.507 e. The molecule has 0 aliphatic carbocycles. The molecular formula is C26H30O. The summed E-state index contributed by atoms with van der Waals surface area (Å²) in [4.78, 5) is 0. The van der Waals surface area contributed by atoms with Gasteiger partial charge in [0.05, 0.1) is 0 Å². The van der Waals surface area contributed by atoms with Gasteiger partial charge in [0.1, 0.15) is 5.75 Å². The predicted octanol–water partition coefficient (Wildman–Crippen LogP) is 6.37. The molecule has 3 aromatic carbocycles. The molecule has 0 aliphatic rings. The van der Waals surface area contributed by atoms with E-state index in [2.05, 4.69) is 94.4 Å². The van der Waals surface area contributed by atoms with Crippen molar-refractivity contribution < 1.29 is 5.11 Å². The molecule has 0 heterocycles. The van der Waals surface area contributed by atoms with Gasteiger partial charge in [0, 0.05) is 0 Å². The molecule has 0 aromatic heterocycles. The van der Waals surface area contributed by atoms with Crippen molar-refractivity contribution >= 4 is 0 Å². The van der Waals surface area contributed by atoms with Crippen LogP contribution in [0, 0.1) is 6.92 Å². The molecule has 1 nitrogen and oxygen atoms in total. The highest BCUT2D eigenvalue weighted by atomic mass is 16.3. The summed E-state index contributed by atoms with van der Waals surface area (Å²) in [5, 5.41) is 10.7. The summed E-state index contributed by atoms with van der Waals surface area (Å²) < 4.78 is 0. The quantitative estimate of drug-likeness (QED) is 0.561. The molecule has 0 amide bonds. The zero-order chi connectivity index (χ0) is 19.4. The minimum atomic E-state index is -0.0516. The van der Waals surface area contributed by atoms with Crippen molar-refractivity contribution in [2.75, 3.05) is 0 Å². The number of phenolic OH excluding ortho intramolecular Hbond substituents is 1. The molecule has 27 heavy (non-hydrogen) atoms. The Morgan fingerprint density at radius 2 is 1.33 bits per heavy atom. The number of benzene rings is 3. The standard InChI is InChI=1S/C26H30O/c1-19-16-23(25(27)24(17-19)26(2,3)4)15-14-20-10-12-22(13-11-20)18-21-8-6-5-7-9-21/h5-13,16-17,27H,14-15,18H2,1-4H3. The van der Waals surface area contributed by atoms with E-state index in [0.717, 1.165) is 30.4 Å². The maximum absolute atomic E-state index is 10.7. The summed E-state index contributed by atoms with van der Waals surface area (Å²) in [7, 11) is 0. The van der Waals surface area contributed by atoms with Gasteiger partial charge in [-0.15, -0.1) is 0 Å². The van der Waals surface area contributed by atoms with Crippen molar-refractivity contribution in [1.29, 1.82) is 0 Å². The fourth-order valence-corrected chi connectivity index (χ4v) is 3.55. The number of aryl methyl sites for hydroxylation is 3. The number of hydrogen-bond acceptors (Lipinski definition) is 1. The lowest BCUT2D eigenvalue weighted by atomic mass is 9.83. The molecule has 140 valence electrons. The van der Waals surface area contributed by atoms with Gasteiger partial charge < -0.3 is 5.11 Å².